The molecule has 1 N–H and O–H groups in total. The van der Waals surface area contributed by atoms with Crippen LogP contribution in [0.2, 0.25) is 17.7 Å². The molecule has 0 bridgehead atoms. The summed E-state index contributed by atoms with van der Waals surface area (Å²) in [6.07, 6.45) is 9.80. The Bertz CT molecular complexity index is 584. The third-order valence-electron chi connectivity index (χ3n) is 6.96. The summed E-state index contributed by atoms with van der Waals surface area (Å²) >= 11 is -2.30. The Morgan fingerprint density at radius 1 is 0.931 bits per heavy atom. The zero-order valence-electron chi connectivity index (χ0n) is 19.1. The van der Waals surface area contributed by atoms with Crippen LogP contribution in [0.25, 0.3) is 0 Å². The van der Waals surface area contributed by atoms with Crippen LogP contribution in [-0.4, -0.2) is 40.0 Å². The van der Waals surface area contributed by atoms with E-state index in [1.807, 2.05) is 18.2 Å². The van der Waals surface area contributed by atoms with Gasteiger partial charge in [0.1, 0.15) is 0 Å². The van der Waals surface area contributed by atoms with Crippen molar-refractivity contribution in [2.75, 3.05) is 0 Å². The van der Waals surface area contributed by atoms with E-state index in [0.29, 0.717) is 19.4 Å². The Hall–Kier alpha value is -0.551. The van der Waals surface area contributed by atoms with Crippen LogP contribution in [0, 0.1) is 0 Å². The Labute approximate surface area is 183 Å². The van der Waals surface area contributed by atoms with Crippen molar-refractivity contribution < 1.29 is 9.90 Å². The van der Waals surface area contributed by atoms with Crippen LogP contribution in [0.15, 0.2) is 30.3 Å². The fourth-order valence-corrected chi connectivity index (χ4v) is 21.3. The van der Waals surface area contributed by atoms with Gasteiger partial charge in [0.15, 0.2) is 0 Å². The molecule has 2 rings (SSSR count). The monoisotopic (exact) mass is 509 g/mol. The van der Waals surface area contributed by atoms with Gasteiger partial charge in [0, 0.05) is 0 Å². The second kappa shape index (κ2) is 12.3. The maximum absolute atomic E-state index is 12.6. The van der Waals surface area contributed by atoms with Crippen molar-refractivity contribution in [2.24, 2.45) is 0 Å². The normalized spacial score (nSPS) is 19.9. The van der Waals surface area contributed by atoms with E-state index in [1.54, 1.807) is 4.90 Å². The number of hydrogen-bond acceptors (Lipinski definition) is 2. The first-order valence-corrected chi connectivity index (χ1v) is 20.1. The molecule has 0 saturated carbocycles. The van der Waals surface area contributed by atoms with E-state index in [4.69, 9.17) is 0 Å². The molecule has 1 saturated heterocycles. The Morgan fingerprint density at radius 3 is 2.00 bits per heavy atom. The third kappa shape index (κ3) is 7.27. The van der Waals surface area contributed by atoms with Crippen LogP contribution < -0.4 is 0 Å². The second-order valence-corrected chi connectivity index (χ2v) is 23.5. The molecule has 4 heteroatoms. The molecular weight excluding hydrogens is 465 g/mol. The number of unbranched alkanes of at least 4 members (excludes halogenated alkanes) is 3. The SMILES string of the molecule is CCC[CH2][Sn]([CH2]CCC)([CH2]CCC)[CH2]CC1(O)CCC(=O)N1Cc1ccccc1. The summed E-state index contributed by atoms with van der Waals surface area (Å²) in [6, 6.07) is 10.1. The van der Waals surface area contributed by atoms with Crippen molar-refractivity contribution in [3.8, 4) is 0 Å². The van der Waals surface area contributed by atoms with Gasteiger partial charge < -0.3 is 0 Å². The van der Waals surface area contributed by atoms with Gasteiger partial charge in [-0.25, -0.2) is 0 Å². The molecule has 1 amide bonds. The van der Waals surface area contributed by atoms with Gasteiger partial charge in [0.2, 0.25) is 0 Å². The quantitative estimate of drug-likeness (QED) is 0.283. The van der Waals surface area contributed by atoms with E-state index in [-0.39, 0.29) is 5.91 Å². The summed E-state index contributed by atoms with van der Waals surface area (Å²) in [5.74, 6) is 0.118. The molecule has 1 fully saturated rings. The van der Waals surface area contributed by atoms with E-state index >= 15 is 0 Å². The number of likely N-dealkylation sites (tertiary alicyclic amines) is 1. The molecule has 0 aliphatic carbocycles. The summed E-state index contributed by atoms with van der Waals surface area (Å²) in [5.41, 5.74) is 0.179. The van der Waals surface area contributed by atoms with E-state index in [1.165, 1.54) is 56.3 Å². The van der Waals surface area contributed by atoms with E-state index in [2.05, 4.69) is 32.9 Å². The van der Waals surface area contributed by atoms with Gasteiger partial charge in [0.25, 0.3) is 0 Å². The predicted molar refractivity (Wildman–Crippen MR) is 125 cm³/mol. The van der Waals surface area contributed by atoms with Crippen molar-refractivity contribution in [1.29, 1.82) is 0 Å². The molecule has 1 aliphatic heterocycles. The number of aliphatic hydroxyl groups is 1. The van der Waals surface area contributed by atoms with Gasteiger partial charge in [-0.2, -0.15) is 0 Å². The topological polar surface area (TPSA) is 40.5 Å². The standard InChI is InChI=1S/C13H16NO2.3C4H9.Sn/c1-2-13(16)9-8-12(15)14(13)10-11-6-4-3-5-7-11;3*1-3-4-2;/h3-7,16H,1-2,8-10H2;3*1,3-4H2,2H3;. The van der Waals surface area contributed by atoms with Gasteiger partial charge >= 0.3 is 184 Å². The fourth-order valence-electron chi connectivity index (χ4n) is 4.94. The van der Waals surface area contributed by atoms with Gasteiger partial charge in [-0.1, -0.05) is 0 Å². The molecule has 0 radical (unpaired) electrons. The first kappa shape index (κ1) is 24.7. The summed E-state index contributed by atoms with van der Waals surface area (Å²) in [4.78, 5) is 14.4. The number of amides is 1. The first-order valence-electron chi connectivity index (χ1n) is 12.1. The number of nitrogens with zero attached hydrogens (tertiary/aromatic N) is 1. The average molecular weight is 508 g/mol. The van der Waals surface area contributed by atoms with Crippen LogP contribution in [0.5, 0.6) is 0 Å². The summed E-state index contributed by atoms with van der Waals surface area (Å²) < 4.78 is 5.64. The number of benzene rings is 1. The molecule has 164 valence electrons. The molecule has 0 aromatic heterocycles. The van der Waals surface area contributed by atoms with Crippen LogP contribution >= 0.6 is 0 Å². The Kier molecular flexibility index (Phi) is 10.5. The minimum atomic E-state index is -2.30. The number of rotatable bonds is 14. The molecule has 1 atom stereocenters. The maximum atomic E-state index is 12.6. The minimum absolute atomic E-state index is 0.118. The van der Waals surface area contributed by atoms with Crippen LogP contribution in [0.1, 0.15) is 84.1 Å². The van der Waals surface area contributed by atoms with E-state index in [0.717, 1.165) is 12.0 Å². The summed E-state index contributed by atoms with van der Waals surface area (Å²) in [6.45, 7) is 7.46. The Morgan fingerprint density at radius 2 is 1.48 bits per heavy atom. The van der Waals surface area contributed by atoms with Crippen molar-refractivity contribution >= 4 is 24.3 Å². The zero-order valence-corrected chi connectivity index (χ0v) is 21.9. The van der Waals surface area contributed by atoms with Crippen molar-refractivity contribution in [2.45, 2.75) is 109 Å². The van der Waals surface area contributed by atoms with Crippen LogP contribution in [-0.2, 0) is 11.3 Å². The molecule has 0 spiro atoms. The molecule has 1 heterocycles. The zero-order chi connectivity index (χ0) is 21.2. The summed E-state index contributed by atoms with van der Waals surface area (Å²) in [5, 5.41) is 11.6. The molecule has 29 heavy (non-hydrogen) atoms. The molecule has 1 aliphatic rings. The van der Waals surface area contributed by atoms with Crippen LogP contribution in [0.4, 0.5) is 0 Å². The number of carbonyl (C=O) groups is 1. The molecule has 1 aromatic rings. The average Bonchev–Trinajstić information content (AvgIpc) is 3.02. The molecule has 1 aromatic carbocycles. The van der Waals surface area contributed by atoms with Crippen LogP contribution in [0.3, 0.4) is 0 Å². The molecule has 1 unspecified atom stereocenters. The summed E-state index contributed by atoms with van der Waals surface area (Å²) in [7, 11) is 0. The van der Waals surface area contributed by atoms with Crippen molar-refractivity contribution in [3.05, 3.63) is 35.9 Å². The Balaban J connectivity index is 2.13. The fraction of sp³-hybridized carbons (Fsp3) is 0.720. The number of hydrogen-bond donors (Lipinski definition) is 1. The first-order chi connectivity index (χ1) is 14.0. The molecule has 3 nitrogen and oxygen atoms in total. The second-order valence-electron chi connectivity index (χ2n) is 9.26. The predicted octanol–water partition coefficient (Wildman–Crippen LogP) is 6.74. The third-order valence-corrected chi connectivity index (χ3v) is 22.8. The molecular formula is C25H43NO2Sn. The van der Waals surface area contributed by atoms with E-state index in [9.17, 15) is 9.90 Å². The van der Waals surface area contributed by atoms with E-state index < -0.39 is 24.1 Å². The van der Waals surface area contributed by atoms with Gasteiger partial charge in [-0.3, -0.25) is 0 Å². The van der Waals surface area contributed by atoms with Gasteiger partial charge in [0.05, 0.1) is 0 Å². The van der Waals surface area contributed by atoms with Gasteiger partial charge in [-0.05, 0) is 0 Å². The van der Waals surface area contributed by atoms with Crippen molar-refractivity contribution in [1.82, 2.24) is 4.90 Å². The van der Waals surface area contributed by atoms with Crippen molar-refractivity contribution in [3.63, 3.8) is 0 Å². The number of carbonyl (C=O) groups excluding carboxylic acids is 1. The van der Waals surface area contributed by atoms with Gasteiger partial charge in [-0.15, -0.1) is 0 Å².